The van der Waals surface area contributed by atoms with Gasteiger partial charge in [0.1, 0.15) is 6.04 Å². The highest BCUT2D eigenvalue weighted by molar-refractivity contribution is 5.96. The zero-order chi connectivity index (χ0) is 15.3. The number of nitrogens with zero attached hydrogens (tertiary/aromatic N) is 1. The molecule has 0 saturated heterocycles. The Kier molecular flexibility index (Phi) is 5.15. The van der Waals surface area contributed by atoms with Crippen LogP contribution in [-0.4, -0.2) is 23.0 Å². The lowest BCUT2D eigenvalue weighted by molar-refractivity contribution is -0.140. The first kappa shape index (κ1) is 15.6. The Bertz CT molecular complexity index is 569. The van der Waals surface area contributed by atoms with Crippen molar-refractivity contribution >= 4 is 11.9 Å². The summed E-state index contributed by atoms with van der Waals surface area (Å²) < 4.78 is 25.7. The number of benzene rings is 1. The lowest BCUT2D eigenvalue weighted by Crippen LogP contribution is -2.45. The van der Waals surface area contributed by atoms with Crippen molar-refractivity contribution in [3.63, 3.8) is 0 Å². The fraction of sp³-hybridized carbons (Fsp3) is 0.308. The van der Waals surface area contributed by atoms with Crippen molar-refractivity contribution in [2.75, 3.05) is 0 Å². The average Bonchev–Trinajstić information content (AvgIpc) is 2.38. The van der Waals surface area contributed by atoms with Crippen LogP contribution >= 0.6 is 0 Å². The van der Waals surface area contributed by atoms with Gasteiger partial charge >= 0.3 is 5.97 Å². The van der Waals surface area contributed by atoms with Gasteiger partial charge in [-0.05, 0) is 18.2 Å². The summed E-state index contributed by atoms with van der Waals surface area (Å²) in [5.41, 5.74) is -0.195. The Morgan fingerprint density at radius 2 is 2.05 bits per heavy atom. The fourth-order valence-electron chi connectivity index (χ4n) is 1.57. The smallest absolute Gasteiger partial charge is 0.326 e. The van der Waals surface area contributed by atoms with Crippen molar-refractivity contribution < 1.29 is 23.5 Å². The topological polar surface area (TPSA) is 90.2 Å². The van der Waals surface area contributed by atoms with Gasteiger partial charge in [-0.15, -0.1) is 0 Å². The lowest BCUT2D eigenvalue weighted by Gasteiger charge is -2.19. The first-order valence-electron chi connectivity index (χ1n) is 5.72. The highest BCUT2D eigenvalue weighted by atomic mass is 19.2. The predicted octanol–water partition coefficient (Wildman–Crippen LogP) is 1.70. The molecule has 0 unspecified atom stereocenters. The minimum Gasteiger partial charge on any atom is -0.480 e. The molecular weight excluding hydrogens is 270 g/mol. The van der Waals surface area contributed by atoms with Gasteiger partial charge in [-0.25, -0.2) is 13.6 Å². The zero-order valence-electron chi connectivity index (χ0n) is 10.6. The standard InChI is InChI=1S/C13H12F2N2O3/c1-7(4-5-16)11(13(19)20)17-12(18)8-2-3-9(14)10(15)6-8/h2-3,6-7,11H,4H2,1H3,(H,17,18)(H,19,20)/t7-,11+/m0/s1. The number of carboxylic acid groups (broad SMARTS) is 1. The second kappa shape index (κ2) is 6.61. The maximum absolute atomic E-state index is 13.0. The number of nitriles is 1. The van der Waals surface area contributed by atoms with Gasteiger partial charge in [0, 0.05) is 17.9 Å². The van der Waals surface area contributed by atoms with E-state index in [1.807, 2.05) is 6.07 Å². The normalized spacial score (nSPS) is 13.1. The largest absolute Gasteiger partial charge is 0.480 e. The van der Waals surface area contributed by atoms with Gasteiger partial charge < -0.3 is 10.4 Å². The van der Waals surface area contributed by atoms with Gasteiger partial charge in [0.2, 0.25) is 0 Å². The number of hydrogen-bond acceptors (Lipinski definition) is 3. The molecule has 1 rings (SSSR count). The van der Waals surface area contributed by atoms with Gasteiger partial charge in [-0.3, -0.25) is 4.79 Å². The monoisotopic (exact) mass is 282 g/mol. The van der Waals surface area contributed by atoms with Gasteiger partial charge in [-0.1, -0.05) is 6.92 Å². The molecule has 1 amide bonds. The van der Waals surface area contributed by atoms with Gasteiger partial charge in [-0.2, -0.15) is 5.26 Å². The molecule has 0 spiro atoms. The van der Waals surface area contributed by atoms with E-state index in [1.165, 1.54) is 6.92 Å². The molecule has 0 aromatic heterocycles. The summed E-state index contributed by atoms with van der Waals surface area (Å²) in [6.07, 6.45) is -0.0605. The van der Waals surface area contributed by atoms with Crippen LogP contribution in [0.1, 0.15) is 23.7 Å². The Balaban J connectivity index is 2.88. The number of halogens is 2. The summed E-state index contributed by atoms with van der Waals surface area (Å²) in [6, 6.07) is 3.02. The van der Waals surface area contributed by atoms with Crippen LogP contribution in [0, 0.1) is 28.9 Å². The summed E-state index contributed by atoms with van der Waals surface area (Å²) in [5.74, 6) is -5.07. The third-order valence-corrected chi connectivity index (χ3v) is 2.72. The van der Waals surface area contributed by atoms with Crippen molar-refractivity contribution in [1.29, 1.82) is 5.26 Å². The van der Waals surface area contributed by atoms with Crippen LogP contribution in [0.25, 0.3) is 0 Å². The Hall–Kier alpha value is -2.49. The van der Waals surface area contributed by atoms with Crippen LogP contribution in [0.5, 0.6) is 0 Å². The minimum atomic E-state index is -1.30. The number of aliphatic carboxylic acids is 1. The fourth-order valence-corrected chi connectivity index (χ4v) is 1.57. The third kappa shape index (κ3) is 3.75. The van der Waals surface area contributed by atoms with Gasteiger partial charge in [0.05, 0.1) is 6.07 Å². The van der Waals surface area contributed by atoms with E-state index in [0.29, 0.717) is 6.07 Å². The summed E-state index contributed by atoms with van der Waals surface area (Å²) >= 11 is 0. The molecule has 0 heterocycles. The molecule has 0 aliphatic carbocycles. The van der Waals surface area contributed by atoms with Crippen LogP contribution in [-0.2, 0) is 4.79 Å². The molecule has 0 fully saturated rings. The predicted molar refractivity (Wildman–Crippen MR) is 64.6 cm³/mol. The highest BCUT2D eigenvalue weighted by Gasteiger charge is 2.27. The van der Waals surface area contributed by atoms with Gasteiger partial charge in [0.25, 0.3) is 5.91 Å². The molecule has 7 heteroatoms. The number of nitrogens with one attached hydrogen (secondary N) is 1. The Morgan fingerprint density at radius 3 is 2.55 bits per heavy atom. The van der Waals surface area contributed by atoms with E-state index in [0.717, 1.165) is 12.1 Å². The van der Waals surface area contributed by atoms with E-state index in [1.54, 1.807) is 0 Å². The van der Waals surface area contributed by atoms with Gasteiger partial charge in [0.15, 0.2) is 11.6 Å². The van der Waals surface area contributed by atoms with E-state index in [2.05, 4.69) is 5.32 Å². The number of hydrogen-bond donors (Lipinski definition) is 2. The average molecular weight is 282 g/mol. The van der Waals surface area contributed by atoms with Crippen LogP contribution in [0.2, 0.25) is 0 Å². The molecule has 20 heavy (non-hydrogen) atoms. The van der Waals surface area contributed by atoms with E-state index >= 15 is 0 Å². The Morgan fingerprint density at radius 1 is 1.40 bits per heavy atom. The molecule has 0 aliphatic heterocycles. The molecule has 0 radical (unpaired) electrons. The van der Waals surface area contributed by atoms with Crippen LogP contribution in [0.4, 0.5) is 8.78 Å². The summed E-state index contributed by atoms with van der Waals surface area (Å²) in [7, 11) is 0. The second-order valence-corrected chi connectivity index (χ2v) is 4.26. The zero-order valence-corrected chi connectivity index (χ0v) is 10.6. The first-order valence-corrected chi connectivity index (χ1v) is 5.72. The molecule has 2 N–H and O–H groups in total. The number of rotatable bonds is 5. The van der Waals surface area contributed by atoms with E-state index < -0.39 is 35.5 Å². The molecule has 2 atom stereocenters. The molecule has 106 valence electrons. The maximum atomic E-state index is 13.0. The number of carbonyl (C=O) groups is 2. The number of carboxylic acids is 1. The van der Waals surface area contributed by atoms with E-state index in [-0.39, 0.29) is 12.0 Å². The Labute approximate surface area is 113 Å². The van der Waals surface area contributed by atoms with Crippen molar-refractivity contribution in [2.45, 2.75) is 19.4 Å². The lowest BCUT2D eigenvalue weighted by atomic mass is 9.98. The van der Waals surface area contributed by atoms with Crippen molar-refractivity contribution in [2.24, 2.45) is 5.92 Å². The molecular formula is C13H12F2N2O3. The molecule has 1 aromatic rings. The summed E-state index contributed by atoms with van der Waals surface area (Å²) in [4.78, 5) is 22.8. The maximum Gasteiger partial charge on any atom is 0.326 e. The molecule has 5 nitrogen and oxygen atoms in total. The second-order valence-electron chi connectivity index (χ2n) is 4.26. The van der Waals surface area contributed by atoms with Crippen molar-refractivity contribution in [3.8, 4) is 6.07 Å². The van der Waals surface area contributed by atoms with E-state index in [9.17, 15) is 18.4 Å². The van der Waals surface area contributed by atoms with Crippen molar-refractivity contribution in [3.05, 3.63) is 35.4 Å². The quantitative estimate of drug-likeness (QED) is 0.860. The molecule has 0 bridgehead atoms. The van der Waals surface area contributed by atoms with Crippen molar-refractivity contribution in [1.82, 2.24) is 5.32 Å². The molecule has 0 saturated carbocycles. The molecule has 1 aromatic carbocycles. The SMILES string of the molecule is C[C@@H](CC#N)[C@@H](NC(=O)c1ccc(F)c(F)c1)C(=O)O. The van der Waals surface area contributed by atoms with Crippen LogP contribution in [0.15, 0.2) is 18.2 Å². The minimum absolute atomic E-state index is 0.0605. The number of amides is 1. The third-order valence-electron chi connectivity index (χ3n) is 2.72. The first-order chi connectivity index (χ1) is 9.36. The highest BCUT2D eigenvalue weighted by Crippen LogP contribution is 2.12. The number of carbonyl (C=O) groups excluding carboxylic acids is 1. The summed E-state index contributed by atoms with van der Waals surface area (Å²) in [5, 5.41) is 19.7. The van der Waals surface area contributed by atoms with Crippen LogP contribution in [0.3, 0.4) is 0 Å². The molecule has 0 aliphatic rings. The van der Waals surface area contributed by atoms with Crippen LogP contribution < -0.4 is 5.32 Å². The van der Waals surface area contributed by atoms with E-state index in [4.69, 9.17) is 10.4 Å². The summed E-state index contributed by atoms with van der Waals surface area (Å²) in [6.45, 7) is 1.49.